The highest BCUT2D eigenvalue weighted by Gasteiger charge is 2.27. The molecule has 132 valence electrons. The van der Waals surface area contributed by atoms with Crippen LogP contribution in [0.25, 0.3) is 16.7 Å². The summed E-state index contributed by atoms with van der Waals surface area (Å²) in [6.07, 6.45) is 1.89. The van der Waals surface area contributed by atoms with Crippen LogP contribution in [-0.4, -0.2) is 45.0 Å². The van der Waals surface area contributed by atoms with E-state index in [1.165, 1.54) is 0 Å². The maximum Gasteiger partial charge on any atom is 0.298 e. The second-order valence-electron chi connectivity index (χ2n) is 6.43. The lowest BCUT2D eigenvalue weighted by molar-refractivity contribution is 0.386. The minimum absolute atomic E-state index is 0.297. The summed E-state index contributed by atoms with van der Waals surface area (Å²) in [7, 11) is 1.61. The van der Waals surface area contributed by atoms with E-state index in [9.17, 15) is 0 Å². The lowest BCUT2D eigenvalue weighted by atomic mass is 9.96. The van der Waals surface area contributed by atoms with Gasteiger partial charge in [0, 0.05) is 25.1 Å². The van der Waals surface area contributed by atoms with Gasteiger partial charge >= 0.3 is 0 Å². The smallest absolute Gasteiger partial charge is 0.298 e. The number of piperidine rings is 1. The van der Waals surface area contributed by atoms with Crippen molar-refractivity contribution < 1.29 is 9.15 Å². The van der Waals surface area contributed by atoms with Crippen LogP contribution in [0.3, 0.4) is 0 Å². The predicted octanol–water partition coefficient (Wildman–Crippen LogP) is 2.66. The van der Waals surface area contributed by atoms with E-state index in [2.05, 4.69) is 25.2 Å². The van der Waals surface area contributed by atoms with Crippen molar-refractivity contribution in [2.24, 2.45) is 0 Å². The van der Waals surface area contributed by atoms with E-state index in [0.717, 1.165) is 48.5 Å². The molecule has 8 heteroatoms. The van der Waals surface area contributed by atoms with Crippen molar-refractivity contribution in [1.29, 1.82) is 0 Å². The molecule has 0 amide bonds. The third kappa shape index (κ3) is 2.45. The zero-order valence-corrected chi connectivity index (χ0v) is 14.4. The van der Waals surface area contributed by atoms with Crippen LogP contribution in [0.15, 0.2) is 40.8 Å². The first-order chi connectivity index (χ1) is 12.8. The molecule has 0 unspecified atom stereocenters. The minimum atomic E-state index is 0.297. The summed E-state index contributed by atoms with van der Waals surface area (Å²) in [4.78, 5) is 6.78. The SMILES string of the molecule is COc1ccc2nnc(C3CCN(c4nc5ccccc5o4)CC3)n2n1. The van der Waals surface area contributed by atoms with Crippen LogP contribution in [0.1, 0.15) is 24.6 Å². The lowest BCUT2D eigenvalue weighted by Crippen LogP contribution is -2.33. The summed E-state index contributed by atoms with van der Waals surface area (Å²) in [6, 6.07) is 12.2. The molecule has 0 atom stereocenters. The summed E-state index contributed by atoms with van der Waals surface area (Å²) in [5.74, 6) is 1.74. The maximum absolute atomic E-state index is 5.89. The number of hydrogen-bond donors (Lipinski definition) is 0. The van der Waals surface area contributed by atoms with Gasteiger partial charge in [-0.25, -0.2) is 0 Å². The monoisotopic (exact) mass is 350 g/mol. The molecule has 0 N–H and O–H groups in total. The molecular formula is C18H18N6O2. The Morgan fingerprint density at radius 2 is 1.92 bits per heavy atom. The van der Waals surface area contributed by atoms with E-state index in [0.29, 0.717) is 17.8 Å². The highest BCUT2D eigenvalue weighted by atomic mass is 16.5. The van der Waals surface area contributed by atoms with Gasteiger partial charge in [-0.05, 0) is 31.0 Å². The number of methoxy groups -OCH3 is 1. The second kappa shape index (κ2) is 5.98. The van der Waals surface area contributed by atoms with Crippen molar-refractivity contribution in [1.82, 2.24) is 24.8 Å². The average Bonchev–Trinajstić information content (AvgIpc) is 3.31. The molecule has 4 heterocycles. The van der Waals surface area contributed by atoms with E-state index in [1.807, 2.05) is 30.3 Å². The van der Waals surface area contributed by atoms with Gasteiger partial charge in [0.25, 0.3) is 6.01 Å². The highest BCUT2D eigenvalue weighted by Crippen LogP contribution is 2.30. The summed E-state index contributed by atoms with van der Waals surface area (Å²) in [6.45, 7) is 1.72. The fraction of sp³-hybridized carbons (Fsp3) is 0.333. The van der Waals surface area contributed by atoms with E-state index in [4.69, 9.17) is 9.15 Å². The van der Waals surface area contributed by atoms with Crippen LogP contribution in [-0.2, 0) is 0 Å². The van der Waals surface area contributed by atoms with Gasteiger partial charge in [-0.1, -0.05) is 12.1 Å². The van der Waals surface area contributed by atoms with Crippen molar-refractivity contribution in [3.05, 3.63) is 42.2 Å². The largest absolute Gasteiger partial charge is 0.480 e. The van der Waals surface area contributed by atoms with Gasteiger partial charge in [0.15, 0.2) is 17.1 Å². The van der Waals surface area contributed by atoms with Gasteiger partial charge in [0.1, 0.15) is 5.52 Å². The minimum Gasteiger partial charge on any atom is -0.480 e. The zero-order valence-electron chi connectivity index (χ0n) is 14.4. The van der Waals surface area contributed by atoms with Crippen molar-refractivity contribution in [3.63, 3.8) is 0 Å². The summed E-state index contributed by atoms with van der Waals surface area (Å²) in [5.41, 5.74) is 2.45. The van der Waals surface area contributed by atoms with Crippen LogP contribution < -0.4 is 9.64 Å². The van der Waals surface area contributed by atoms with Gasteiger partial charge in [-0.3, -0.25) is 0 Å². The average molecular weight is 350 g/mol. The molecule has 0 aliphatic carbocycles. The standard InChI is InChI=1S/C18H18N6O2/c1-25-16-7-6-15-20-21-17(24(15)22-16)12-8-10-23(11-9-12)18-19-13-4-2-3-5-14(13)26-18/h2-7,12H,8-11H2,1H3. The molecule has 1 saturated heterocycles. The second-order valence-corrected chi connectivity index (χ2v) is 6.43. The molecule has 0 saturated carbocycles. The molecule has 1 aromatic carbocycles. The third-order valence-corrected chi connectivity index (χ3v) is 4.88. The summed E-state index contributed by atoms with van der Waals surface area (Å²) < 4.78 is 12.9. The molecule has 0 spiro atoms. The van der Waals surface area contributed by atoms with E-state index in [-0.39, 0.29) is 0 Å². The Balaban J connectivity index is 1.37. The van der Waals surface area contributed by atoms with E-state index in [1.54, 1.807) is 17.7 Å². The van der Waals surface area contributed by atoms with Crippen LogP contribution >= 0.6 is 0 Å². The molecule has 1 aliphatic heterocycles. The van der Waals surface area contributed by atoms with Gasteiger partial charge in [-0.2, -0.15) is 9.50 Å². The lowest BCUT2D eigenvalue weighted by Gasteiger charge is -2.29. The molecule has 26 heavy (non-hydrogen) atoms. The normalized spacial score (nSPS) is 15.8. The van der Waals surface area contributed by atoms with Crippen molar-refractivity contribution >= 4 is 22.8 Å². The highest BCUT2D eigenvalue weighted by molar-refractivity contribution is 5.74. The van der Waals surface area contributed by atoms with Crippen molar-refractivity contribution in [2.45, 2.75) is 18.8 Å². The maximum atomic E-state index is 5.89. The molecule has 4 aromatic rings. The van der Waals surface area contributed by atoms with Crippen molar-refractivity contribution in [3.8, 4) is 5.88 Å². The Labute approximate surface area is 149 Å². The topological polar surface area (TPSA) is 81.6 Å². The number of aromatic nitrogens is 5. The quantitative estimate of drug-likeness (QED) is 0.562. The van der Waals surface area contributed by atoms with E-state index < -0.39 is 0 Å². The summed E-state index contributed by atoms with van der Waals surface area (Å²) >= 11 is 0. The molecule has 3 aromatic heterocycles. The predicted molar refractivity (Wildman–Crippen MR) is 95.5 cm³/mol. The number of para-hydroxylation sites is 2. The molecule has 8 nitrogen and oxygen atoms in total. The summed E-state index contributed by atoms with van der Waals surface area (Å²) in [5, 5.41) is 13.0. The van der Waals surface area contributed by atoms with Gasteiger partial charge in [0.2, 0.25) is 5.88 Å². The zero-order chi connectivity index (χ0) is 17.5. The number of fused-ring (bicyclic) bond motifs is 2. The fourth-order valence-corrected chi connectivity index (χ4v) is 3.48. The van der Waals surface area contributed by atoms with Crippen LogP contribution in [0.4, 0.5) is 6.01 Å². The number of hydrogen-bond acceptors (Lipinski definition) is 7. The Morgan fingerprint density at radius 3 is 2.73 bits per heavy atom. The van der Waals surface area contributed by atoms with Crippen LogP contribution in [0.2, 0.25) is 0 Å². The Morgan fingerprint density at radius 1 is 1.08 bits per heavy atom. The Bertz CT molecular complexity index is 1030. The van der Waals surface area contributed by atoms with Gasteiger partial charge < -0.3 is 14.1 Å². The number of anilines is 1. The van der Waals surface area contributed by atoms with Gasteiger partial charge in [0.05, 0.1) is 7.11 Å². The molecule has 5 rings (SSSR count). The van der Waals surface area contributed by atoms with Crippen LogP contribution in [0.5, 0.6) is 5.88 Å². The first kappa shape index (κ1) is 15.1. The number of nitrogens with zero attached hydrogens (tertiary/aromatic N) is 6. The fourth-order valence-electron chi connectivity index (χ4n) is 3.48. The van der Waals surface area contributed by atoms with Crippen LogP contribution in [0, 0.1) is 0 Å². The number of benzene rings is 1. The molecular weight excluding hydrogens is 332 g/mol. The number of rotatable bonds is 3. The van der Waals surface area contributed by atoms with Gasteiger partial charge in [-0.15, -0.1) is 15.3 Å². The molecule has 0 bridgehead atoms. The number of oxazole rings is 1. The van der Waals surface area contributed by atoms with Crippen molar-refractivity contribution in [2.75, 3.05) is 25.1 Å². The first-order valence-electron chi connectivity index (χ1n) is 8.69. The van der Waals surface area contributed by atoms with E-state index >= 15 is 0 Å². The molecule has 1 fully saturated rings. The molecule has 0 radical (unpaired) electrons. The number of ether oxygens (including phenoxy) is 1. The molecule has 1 aliphatic rings. The Hall–Kier alpha value is -3.16. The first-order valence-corrected chi connectivity index (χ1v) is 8.69. The third-order valence-electron chi connectivity index (χ3n) is 4.88. The Kier molecular flexibility index (Phi) is 3.48.